The zero-order valence-corrected chi connectivity index (χ0v) is 23.9. The molecular formula is C36H40N2O2. The molecule has 0 fully saturated rings. The Balaban J connectivity index is 1.96. The van der Waals surface area contributed by atoms with Crippen LogP contribution in [-0.4, -0.2) is 13.2 Å². The van der Waals surface area contributed by atoms with Crippen LogP contribution in [0.25, 0.3) is 24.3 Å². The molecule has 0 bridgehead atoms. The van der Waals surface area contributed by atoms with E-state index < -0.39 is 0 Å². The molecule has 3 rings (SSSR count). The number of nitrogens with zero attached hydrogens (tertiary/aromatic N) is 2. The van der Waals surface area contributed by atoms with Gasteiger partial charge >= 0.3 is 0 Å². The monoisotopic (exact) mass is 532 g/mol. The summed E-state index contributed by atoms with van der Waals surface area (Å²) in [5.74, 6) is 1.60. The summed E-state index contributed by atoms with van der Waals surface area (Å²) in [4.78, 5) is 0. The molecule has 0 amide bonds. The first-order chi connectivity index (χ1) is 19.7. The van der Waals surface area contributed by atoms with E-state index in [9.17, 15) is 10.5 Å². The van der Waals surface area contributed by atoms with E-state index in [0.29, 0.717) is 24.3 Å². The Bertz CT molecular complexity index is 1250. The average Bonchev–Trinajstić information content (AvgIpc) is 2.99. The number of nitriles is 2. The third-order valence-corrected chi connectivity index (χ3v) is 6.60. The van der Waals surface area contributed by atoms with E-state index in [0.717, 1.165) is 59.4 Å². The van der Waals surface area contributed by atoms with Crippen LogP contribution >= 0.6 is 0 Å². The first-order valence-electron chi connectivity index (χ1n) is 14.5. The Kier molecular flexibility index (Phi) is 13.1. The van der Waals surface area contributed by atoms with E-state index in [1.165, 1.54) is 25.7 Å². The van der Waals surface area contributed by atoms with Crippen molar-refractivity contribution in [1.82, 2.24) is 0 Å². The van der Waals surface area contributed by atoms with Gasteiger partial charge in [0.1, 0.15) is 11.5 Å². The molecule has 0 radical (unpaired) electrons. The normalized spacial score (nSPS) is 11.0. The molecule has 0 unspecified atom stereocenters. The van der Waals surface area contributed by atoms with Gasteiger partial charge in [-0.15, -0.1) is 0 Å². The van der Waals surface area contributed by atoms with Crippen molar-refractivity contribution in [2.24, 2.45) is 0 Å². The smallest absolute Gasteiger partial charge is 0.127 e. The van der Waals surface area contributed by atoms with E-state index >= 15 is 0 Å². The molecule has 0 N–H and O–H groups in total. The molecule has 0 heterocycles. The van der Waals surface area contributed by atoms with Crippen molar-refractivity contribution >= 4 is 24.3 Å². The van der Waals surface area contributed by atoms with Gasteiger partial charge in [0.05, 0.1) is 36.5 Å². The number of hydrogen-bond donors (Lipinski definition) is 0. The van der Waals surface area contributed by atoms with Gasteiger partial charge in [0, 0.05) is 11.1 Å². The highest BCUT2D eigenvalue weighted by atomic mass is 16.5. The number of ether oxygens (including phenoxy) is 2. The lowest BCUT2D eigenvalue weighted by Crippen LogP contribution is -2.03. The fourth-order valence-corrected chi connectivity index (χ4v) is 4.32. The molecule has 40 heavy (non-hydrogen) atoms. The van der Waals surface area contributed by atoms with Crippen molar-refractivity contribution in [3.05, 3.63) is 94.0 Å². The first-order valence-corrected chi connectivity index (χ1v) is 14.5. The zero-order valence-electron chi connectivity index (χ0n) is 23.9. The third kappa shape index (κ3) is 10.1. The van der Waals surface area contributed by atoms with Gasteiger partial charge in [0.15, 0.2) is 0 Å². The Morgan fingerprint density at radius 3 is 1.43 bits per heavy atom. The van der Waals surface area contributed by atoms with Gasteiger partial charge in [-0.2, -0.15) is 10.5 Å². The first kappa shape index (κ1) is 30.3. The number of hydrogen-bond acceptors (Lipinski definition) is 4. The van der Waals surface area contributed by atoms with Crippen LogP contribution in [0.15, 0.2) is 60.7 Å². The lowest BCUT2D eigenvalue weighted by molar-refractivity contribution is 0.296. The van der Waals surface area contributed by atoms with Crippen molar-refractivity contribution < 1.29 is 9.47 Å². The Morgan fingerprint density at radius 2 is 1.02 bits per heavy atom. The lowest BCUT2D eigenvalue weighted by atomic mass is 10.0. The Hall–Kier alpha value is -4.28. The number of rotatable bonds is 16. The highest BCUT2D eigenvalue weighted by Gasteiger charge is 2.11. The Labute approximate surface area is 240 Å². The predicted molar refractivity (Wildman–Crippen MR) is 166 cm³/mol. The minimum Gasteiger partial charge on any atom is -0.493 e. The molecule has 0 saturated carbocycles. The molecule has 4 heteroatoms. The van der Waals surface area contributed by atoms with Crippen LogP contribution in [0.1, 0.15) is 98.6 Å². The summed E-state index contributed by atoms with van der Waals surface area (Å²) < 4.78 is 12.6. The quantitative estimate of drug-likeness (QED) is 0.136. The van der Waals surface area contributed by atoms with Gasteiger partial charge in [0.25, 0.3) is 0 Å². The van der Waals surface area contributed by atoms with Gasteiger partial charge in [-0.25, -0.2) is 0 Å². The standard InChI is InChI=1S/C36H40N2O2/c1-3-5-7-9-21-39-35-25-34(20-18-30-14-12-16-32(24-30)28-38)36(40-22-10-8-6-4-2)26-33(35)19-17-29-13-11-15-31(23-29)27-37/h11-20,23-26H,3-10,21-22H2,1-2H3/b19-17+,20-18+. The average molecular weight is 533 g/mol. The summed E-state index contributed by atoms with van der Waals surface area (Å²) in [6.45, 7) is 5.71. The van der Waals surface area contributed by atoms with E-state index in [2.05, 4.69) is 38.1 Å². The molecule has 3 aromatic carbocycles. The molecular weight excluding hydrogens is 492 g/mol. The molecule has 206 valence electrons. The van der Waals surface area contributed by atoms with Crippen LogP contribution < -0.4 is 9.47 Å². The van der Waals surface area contributed by atoms with Crippen LogP contribution in [0, 0.1) is 22.7 Å². The van der Waals surface area contributed by atoms with Crippen molar-refractivity contribution in [3.8, 4) is 23.6 Å². The largest absolute Gasteiger partial charge is 0.493 e. The van der Waals surface area contributed by atoms with Gasteiger partial charge in [-0.05, 0) is 60.4 Å². The zero-order chi connectivity index (χ0) is 28.4. The number of benzene rings is 3. The molecule has 0 aromatic heterocycles. The second-order valence-corrected chi connectivity index (χ2v) is 9.89. The van der Waals surface area contributed by atoms with E-state index in [4.69, 9.17) is 9.47 Å². The van der Waals surface area contributed by atoms with Crippen molar-refractivity contribution in [2.75, 3.05) is 13.2 Å². The van der Waals surface area contributed by atoms with Crippen molar-refractivity contribution in [2.45, 2.75) is 65.2 Å². The highest BCUT2D eigenvalue weighted by Crippen LogP contribution is 2.33. The lowest BCUT2D eigenvalue weighted by Gasteiger charge is -2.15. The van der Waals surface area contributed by atoms with Crippen LogP contribution in [0.4, 0.5) is 0 Å². The molecule has 0 atom stereocenters. The highest BCUT2D eigenvalue weighted by molar-refractivity contribution is 5.79. The summed E-state index contributed by atoms with van der Waals surface area (Å²) >= 11 is 0. The molecule has 0 aliphatic heterocycles. The fourth-order valence-electron chi connectivity index (χ4n) is 4.32. The van der Waals surface area contributed by atoms with Crippen LogP contribution in [0.5, 0.6) is 11.5 Å². The summed E-state index contributed by atoms with van der Waals surface area (Å²) in [5.41, 5.74) is 5.04. The summed E-state index contributed by atoms with van der Waals surface area (Å²) in [7, 11) is 0. The van der Waals surface area contributed by atoms with Gasteiger partial charge in [-0.3, -0.25) is 0 Å². The summed E-state index contributed by atoms with van der Waals surface area (Å²) in [5, 5.41) is 18.6. The van der Waals surface area contributed by atoms with E-state index in [1.807, 2.05) is 60.7 Å². The van der Waals surface area contributed by atoms with Crippen LogP contribution in [0.3, 0.4) is 0 Å². The van der Waals surface area contributed by atoms with E-state index in [1.54, 1.807) is 12.1 Å². The summed E-state index contributed by atoms with van der Waals surface area (Å²) in [6, 6.07) is 23.6. The second-order valence-electron chi connectivity index (χ2n) is 9.89. The van der Waals surface area contributed by atoms with Gasteiger partial charge in [-0.1, -0.05) is 101 Å². The van der Waals surface area contributed by atoms with Crippen LogP contribution in [-0.2, 0) is 0 Å². The molecule has 3 aromatic rings. The maximum absolute atomic E-state index is 9.28. The minimum atomic E-state index is 0.631. The SMILES string of the molecule is CCCCCCOc1cc(/C=C/c2cccc(C#N)c2)c(OCCCCCC)cc1/C=C/c1cccc(C#N)c1. The topological polar surface area (TPSA) is 66.0 Å². The molecule has 0 aliphatic carbocycles. The van der Waals surface area contributed by atoms with Crippen LogP contribution in [0.2, 0.25) is 0 Å². The molecule has 4 nitrogen and oxygen atoms in total. The van der Waals surface area contributed by atoms with E-state index in [-0.39, 0.29) is 0 Å². The van der Waals surface area contributed by atoms with Gasteiger partial charge < -0.3 is 9.47 Å². The maximum atomic E-state index is 9.28. The maximum Gasteiger partial charge on any atom is 0.127 e. The number of unbranched alkanes of at least 4 members (excludes halogenated alkanes) is 6. The fraction of sp³-hybridized carbons (Fsp3) is 0.333. The second kappa shape index (κ2) is 17.3. The molecule has 0 spiro atoms. The minimum absolute atomic E-state index is 0.631. The van der Waals surface area contributed by atoms with Crippen molar-refractivity contribution in [3.63, 3.8) is 0 Å². The van der Waals surface area contributed by atoms with Crippen molar-refractivity contribution in [1.29, 1.82) is 10.5 Å². The predicted octanol–water partition coefficient (Wildman–Crippen LogP) is 9.69. The molecule has 0 saturated heterocycles. The Morgan fingerprint density at radius 1 is 0.575 bits per heavy atom. The summed E-state index contributed by atoms with van der Waals surface area (Å²) in [6.07, 6.45) is 17.1. The van der Waals surface area contributed by atoms with Gasteiger partial charge in [0.2, 0.25) is 0 Å². The molecule has 0 aliphatic rings. The third-order valence-electron chi connectivity index (χ3n) is 6.60.